The highest BCUT2D eigenvalue weighted by molar-refractivity contribution is 9.13. The van der Waals surface area contributed by atoms with Gasteiger partial charge in [0.1, 0.15) is 0 Å². The van der Waals surface area contributed by atoms with Crippen LogP contribution in [0.15, 0.2) is 39.8 Å². The van der Waals surface area contributed by atoms with Crippen LogP contribution >= 0.6 is 44.3 Å². The van der Waals surface area contributed by atoms with Crippen molar-refractivity contribution >= 4 is 55.9 Å². The summed E-state index contributed by atoms with van der Waals surface area (Å²) < 4.78 is 1.88. The predicted molar refractivity (Wildman–Crippen MR) is 94.8 cm³/mol. The molecule has 1 amide bonds. The van der Waals surface area contributed by atoms with Crippen LogP contribution in [0.2, 0.25) is 0 Å². The number of nitrogens with zero attached hydrogens (tertiary/aromatic N) is 2. The molecule has 112 valence electrons. The van der Waals surface area contributed by atoms with E-state index in [-0.39, 0.29) is 24.4 Å². The van der Waals surface area contributed by atoms with Crippen molar-refractivity contribution in [2.24, 2.45) is 0 Å². The van der Waals surface area contributed by atoms with E-state index in [1.165, 1.54) is 6.08 Å². The third-order valence-corrected chi connectivity index (χ3v) is 4.54. The molecule has 1 unspecified atom stereocenters. The van der Waals surface area contributed by atoms with Gasteiger partial charge in [-0.15, -0.1) is 12.4 Å². The summed E-state index contributed by atoms with van der Waals surface area (Å²) in [6.07, 6.45) is 1.35. The minimum atomic E-state index is -0.0939. The smallest absolute Gasteiger partial charge is 0.250 e. The van der Waals surface area contributed by atoms with Crippen molar-refractivity contribution in [3.05, 3.63) is 39.8 Å². The second kappa shape index (κ2) is 8.82. The van der Waals surface area contributed by atoms with E-state index in [0.717, 1.165) is 21.2 Å². The Kier molecular flexibility index (Phi) is 8.66. The molecule has 0 bridgehead atoms. The van der Waals surface area contributed by atoms with Gasteiger partial charge in [0.15, 0.2) is 0 Å². The normalized spacial score (nSPS) is 11.7. The van der Waals surface area contributed by atoms with Crippen LogP contribution in [0.3, 0.4) is 0 Å². The predicted octanol–water partition coefficient (Wildman–Crippen LogP) is 4.10. The van der Waals surface area contributed by atoms with E-state index in [1.807, 2.05) is 39.2 Å². The maximum Gasteiger partial charge on any atom is 0.250 e. The zero-order chi connectivity index (χ0) is 14.6. The minimum absolute atomic E-state index is 0. The molecule has 1 rings (SSSR count). The van der Waals surface area contributed by atoms with E-state index < -0.39 is 0 Å². The summed E-state index contributed by atoms with van der Waals surface area (Å²) in [5, 5.41) is 0. The van der Waals surface area contributed by atoms with Crippen molar-refractivity contribution in [2.45, 2.75) is 13.0 Å². The van der Waals surface area contributed by atoms with Gasteiger partial charge in [0.05, 0.1) is 0 Å². The number of rotatable bonds is 5. The third-order valence-electron chi connectivity index (χ3n) is 2.66. The van der Waals surface area contributed by atoms with Gasteiger partial charge in [0.25, 0.3) is 5.91 Å². The largest absolute Gasteiger partial charge is 0.307 e. The SMILES string of the molecule is C=CC(=O)N(c1ccc(Br)c(Br)c1)C(C)CN(C)C.Cl. The summed E-state index contributed by atoms with van der Waals surface area (Å²) in [5.74, 6) is -0.0939. The Morgan fingerprint density at radius 3 is 2.40 bits per heavy atom. The molecule has 3 nitrogen and oxygen atoms in total. The van der Waals surface area contributed by atoms with Crippen LogP contribution in [-0.4, -0.2) is 37.5 Å². The van der Waals surface area contributed by atoms with Crippen molar-refractivity contribution in [3.8, 4) is 0 Å². The summed E-state index contributed by atoms with van der Waals surface area (Å²) in [4.78, 5) is 15.9. The number of benzene rings is 1. The Bertz CT molecular complexity index is 480. The Labute approximate surface area is 143 Å². The second-order valence-corrected chi connectivity index (χ2v) is 6.33. The summed E-state index contributed by atoms with van der Waals surface area (Å²) in [6.45, 7) is 6.39. The Hall–Kier alpha value is -0.360. The molecule has 20 heavy (non-hydrogen) atoms. The first-order valence-electron chi connectivity index (χ1n) is 5.92. The highest BCUT2D eigenvalue weighted by Crippen LogP contribution is 2.29. The molecule has 0 N–H and O–H groups in total. The van der Waals surface area contributed by atoms with Gasteiger partial charge in [-0.2, -0.15) is 0 Å². The van der Waals surface area contributed by atoms with Gasteiger partial charge in [0.2, 0.25) is 0 Å². The van der Waals surface area contributed by atoms with E-state index in [4.69, 9.17) is 0 Å². The first kappa shape index (κ1) is 19.6. The van der Waals surface area contributed by atoms with Crippen LogP contribution in [0.4, 0.5) is 5.69 Å². The van der Waals surface area contributed by atoms with E-state index in [9.17, 15) is 4.79 Å². The quantitative estimate of drug-likeness (QED) is 0.662. The fourth-order valence-corrected chi connectivity index (χ4v) is 2.56. The lowest BCUT2D eigenvalue weighted by Gasteiger charge is -2.30. The average molecular weight is 427 g/mol. The van der Waals surface area contributed by atoms with Crippen LogP contribution in [0.5, 0.6) is 0 Å². The van der Waals surface area contributed by atoms with Gasteiger partial charge in [0, 0.05) is 27.2 Å². The van der Waals surface area contributed by atoms with Gasteiger partial charge in [-0.05, 0) is 77.2 Å². The van der Waals surface area contributed by atoms with Crippen molar-refractivity contribution in [3.63, 3.8) is 0 Å². The number of carbonyl (C=O) groups is 1. The zero-order valence-electron chi connectivity index (χ0n) is 11.8. The summed E-state index contributed by atoms with van der Waals surface area (Å²) in [6, 6.07) is 5.83. The minimum Gasteiger partial charge on any atom is -0.307 e. The molecular formula is C14H19Br2ClN2O. The van der Waals surface area contributed by atoms with Gasteiger partial charge in [-0.1, -0.05) is 6.58 Å². The first-order valence-corrected chi connectivity index (χ1v) is 7.50. The zero-order valence-corrected chi connectivity index (χ0v) is 15.8. The van der Waals surface area contributed by atoms with Crippen LogP contribution in [-0.2, 0) is 4.79 Å². The Balaban J connectivity index is 0.00000361. The third kappa shape index (κ3) is 5.20. The molecule has 0 heterocycles. The molecule has 0 aliphatic heterocycles. The number of hydrogen-bond acceptors (Lipinski definition) is 2. The molecule has 0 aromatic heterocycles. The molecule has 0 aliphatic rings. The highest BCUT2D eigenvalue weighted by atomic mass is 79.9. The fraction of sp³-hybridized carbons (Fsp3) is 0.357. The molecule has 0 saturated heterocycles. The average Bonchev–Trinajstić information content (AvgIpc) is 2.32. The van der Waals surface area contributed by atoms with E-state index in [1.54, 1.807) is 4.90 Å². The van der Waals surface area contributed by atoms with Crippen molar-refractivity contribution in [2.75, 3.05) is 25.5 Å². The number of likely N-dealkylation sites (N-methyl/N-ethyl adjacent to an activating group) is 1. The van der Waals surface area contributed by atoms with E-state index >= 15 is 0 Å². The molecule has 0 radical (unpaired) electrons. The monoisotopic (exact) mass is 424 g/mol. The number of anilines is 1. The molecule has 1 aromatic carbocycles. The lowest BCUT2D eigenvalue weighted by Crippen LogP contribution is -2.43. The standard InChI is InChI=1S/C14H18Br2N2O.ClH/c1-5-14(19)18(10(2)9-17(3)4)11-6-7-12(15)13(16)8-11;/h5-8,10H,1,9H2,2-4H3;1H. The first-order chi connectivity index (χ1) is 8.86. The molecule has 0 aliphatic carbocycles. The number of halogens is 3. The van der Waals surface area contributed by atoms with Crippen molar-refractivity contribution in [1.82, 2.24) is 4.90 Å². The van der Waals surface area contributed by atoms with Crippen LogP contribution in [0.1, 0.15) is 6.92 Å². The summed E-state index contributed by atoms with van der Waals surface area (Å²) in [5.41, 5.74) is 0.856. The van der Waals surface area contributed by atoms with E-state index in [2.05, 4.69) is 43.3 Å². The van der Waals surface area contributed by atoms with Crippen molar-refractivity contribution in [1.29, 1.82) is 0 Å². The Morgan fingerprint density at radius 1 is 1.35 bits per heavy atom. The lowest BCUT2D eigenvalue weighted by molar-refractivity contribution is -0.114. The molecule has 6 heteroatoms. The van der Waals surface area contributed by atoms with Crippen molar-refractivity contribution < 1.29 is 4.79 Å². The van der Waals surface area contributed by atoms with Gasteiger partial charge in [-0.3, -0.25) is 4.79 Å². The molecule has 0 fully saturated rings. The van der Waals surface area contributed by atoms with Crippen LogP contribution < -0.4 is 4.90 Å². The summed E-state index contributed by atoms with van der Waals surface area (Å²) >= 11 is 6.90. The van der Waals surface area contributed by atoms with E-state index in [0.29, 0.717) is 0 Å². The molecule has 1 atom stereocenters. The number of amides is 1. The molecule has 1 aromatic rings. The van der Waals surface area contributed by atoms with Crippen LogP contribution in [0.25, 0.3) is 0 Å². The van der Waals surface area contributed by atoms with Gasteiger partial charge < -0.3 is 9.80 Å². The second-order valence-electron chi connectivity index (χ2n) is 4.62. The van der Waals surface area contributed by atoms with Gasteiger partial charge >= 0.3 is 0 Å². The summed E-state index contributed by atoms with van der Waals surface area (Å²) in [7, 11) is 3.98. The topological polar surface area (TPSA) is 23.6 Å². The molecule has 0 saturated carbocycles. The fourth-order valence-electron chi connectivity index (χ4n) is 1.94. The van der Waals surface area contributed by atoms with Gasteiger partial charge in [-0.25, -0.2) is 0 Å². The van der Waals surface area contributed by atoms with Crippen LogP contribution in [0, 0.1) is 0 Å². The number of carbonyl (C=O) groups excluding carboxylic acids is 1. The maximum absolute atomic E-state index is 12.1. The molecular weight excluding hydrogens is 407 g/mol. The number of hydrogen-bond donors (Lipinski definition) is 0. The highest BCUT2D eigenvalue weighted by Gasteiger charge is 2.21. The lowest BCUT2D eigenvalue weighted by atomic mass is 10.2. The maximum atomic E-state index is 12.1. The molecule has 0 spiro atoms. The Morgan fingerprint density at radius 2 is 1.95 bits per heavy atom.